The third-order valence-corrected chi connectivity index (χ3v) is 9.17. The molecule has 5 heterocycles. The molecule has 1 unspecified atom stereocenters. The van der Waals surface area contributed by atoms with Gasteiger partial charge in [0.15, 0.2) is 5.65 Å². The summed E-state index contributed by atoms with van der Waals surface area (Å²) >= 11 is 0. The zero-order valence-corrected chi connectivity index (χ0v) is 25.6. The van der Waals surface area contributed by atoms with Gasteiger partial charge in [0.1, 0.15) is 11.2 Å². The highest BCUT2D eigenvalue weighted by Gasteiger charge is 2.26. The number of nitrogens with zero attached hydrogens (tertiary/aromatic N) is 5. The number of anilines is 2. The van der Waals surface area contributed by atoms with Crippen LogP contribution < -0.4 is 10.6 Å². The molecule has 47 heavy (non-hydrogen) atoms. The van der Waals surface area contributed by atoms with Crippen LogP contribution in [0.4, 0.5) is 11.4 Å². The van der Waals surface area contributed by atoms with Crippen LogP contribution in [0.15, 0.2) is 152 Å². The Morgan fingerprint density at radius 3 is 2.47 bits per heavy atom. The summed E-state index contributed by atoms with van der Waals surface area (Å²) in [5.74, 6) is 0.0149. The Kier molecular flexibility index (Phi) is 6.15. The maximum Gasteiger partial charge on any atom is 0.165 e. The highest BCUT2D eigenvalue weighted by atomic mass is 15.1. The molecule has 0 amide bonds. The summed E-state index contributed by atoms with van der Waals surface area (Å²) in [6.45, 7) is 4.30. The second-order valence-corrected chi connectivity index (χ2v) is 12.0. The van der Waals surface area contributed by atoms with E-state index in [0.29, 0.717) is 5.69 Å². The summed E-state index contributed by atoms with van der Waals surface area (Å²) in [5.41, 5.74) is 18.1. The van der Waals surface area contributed by atoms with Gasteiger partial charge in [0.25, 0.3) is 0 Å². The van der Waals surface area contributed by atoms with E-state index in [9.17, 15) is 0 Å². The molecule has 1 atom stereocenters. The van der Waals surface area contributed by atoms with Crippen LogP contribution >= 0.6 is 0 Å². The number of nitrogens with two attached hydrogens (primary N) is 1. The first kappa shape index (κ1) is 27.1. The lowest BCUT2D eigenvalue weighted by Crippen LogP contribution is -2.20. The number of pyridine rings is 3. The molecule has 1 aliphatic heterocycles. The van der Waals surface area contributed by atoms with E-state index in [4.69, 9.17) is 20.7 Å². The van der Waals surface area contributed by atoms with Gasteiger partial charge in [0.05, 0.1) is 28.3 Å². The third kappa shape index (κ3) is 4.37. The van der Waals surface area contributed by atoms with Crippen molar-refractivity contribution in [2.45, 2.75) is 12.3 Å². The summed E-state index contributed by atoms with van der Waals surface area (Å²) in [6, 6.07) is 31.2. The Labute approximate surface area is 271 Å². The molecule has 6 heteroatoms. The number of nitrogen functional groups attached to an aromatic ring is 1. The molecule has 9 rings (SSSR count). The average molecular weight is 607 g/mol. The lowest BCUT2D eigenvalue weighted by Gasteiger charge is -2.30. The summed E-state index contributed by atoms with van der Waals surface area (Å²) in [7, 11) is 0. The van der Waals surface area contributed by atoms with Crippen LogP contribution in [0, 0.1) is 0 Å². The Morgan fingerprint density at radius 2 is 1.57 bits per heavy atom. The van der Waals surface area contributed by atoms with Crippen molar-refractivity contribution in [3.05, 3.63) is 163 Å². The van der Waals surface area contributed by atoms with E-state index in [2.05, 4.69) is 82.6 Å². The number of imidazole rings is 1. The van der Waals surface area contributed by atoms with Crippen LogP contribution in [0.1, 0.15) is 23.6 Å². The van der Waals surface area contributed by atoms with Crippen molar-refractivity contribution >= 4 is 55.4 Å². The molecule has 0 spiro atoms. The van der Waals surface area contributed by atoms with Gasteiger partial charge in [-0.25, -0.2) is 15.0 Å². The van der Waals surface area contributed by atoms with E-state index in [1.807, 2.05) is 73.1 Å². The van der Waals surface area contributed by atoms with Gasteiger partial charge in [-0.15, -0.1) is 0 Å². The smallest absolute Gasteiger partial charge is 0.165 e. The quantitative estimate of drug-likeness (QED) is 0.216. The van der Waals surface area contributed by atoms with Crippen molar-refractivity contribution in [2.75, 3.05) is 10.6 Å². The number of aromatic nitrogens is 4. The topological polar surface area (TPSA) is 72.3 Å². The first-order valence-electron chi connectivity index (χ1n) is 15.8. The maximum atomic E-state index is 6.93. The molecule has 0 fully saturated rings. The number of benzene rings is 3. The van der Waals surface area contributed by atoms with E-state index in [-0.39, 0.29) is 5.92 Å². The van der Waals surface area contributed by atoms with Gasteiger partial charge in [-0.05, 0) is 54.0 Å². The highest BCUT2D eigenvalue weighted by molar-refractivity contribution is 6.09. The molecular formula is C41H30N6. The van der Waals surface area contributed by atoms with E-state index in [1.54, 1.807) is 0 Å². The number of hydrogen-bond donors (Lipinski definition) is 1. The fourth-order valence-corrected chi connectivity index (χ4v) is 6.92. The van der Waals surface area contributed by atoms with E-state index >= 15 is 0 Å². The van der Waals surface area contributed by atoms with Crippen LogP contribution in [-0.4, -0.2) is 19.4 Å². The second-order valence-electron chi connectivity index (χ2n) is 12.0. The minimum absolute atomic E-state index is 0.0149. The molecule has 3 aromatic carbocycles. The molecule has 1 aliphatic carbocycles. The number of rotatable bonds is 4. The fraction of sp³-hybridized carbons (Fsp3) is 0.0488. The number of allylic oxidation sites excluding steroid dienone is 7. The zero-order valence-electron chi connectivity index (χ0n) is 25.6. The minimum atomic E-state index is 0.0149. The summed E-state index contributed by atoms with van der Waals surface area (Å²) in [4.78, 5) is 17.4. The van der Waals surface area contributed by atoms with Gasteiger partial charge in [-0.3, -0.25) is 4.40 Å². The van der Waals surface area contributed by atoms with Crippen LogP contribution in [0.25, 0.3) is 55.3 Å². The van der Waals surface area contributed by atoms with Crippen molar-refractivity contribution in [3.8, 4) is 11.3 Å². The summed E-state index contributed by atoms with van der Waals surface area (Å²) in [6.07, 6.45) is 17.6. The minimum Gasteiger partial charge on any atom is -0.396 e. The molecule has 6 nitrogen and oxygen atoms in total. The summed E-state index contributed by atoms with van der Waals surface area (Å²) < 4.78 is 2.06. The maximum absolute atomic E-state index is 6.93. The van der Waals surface area contributed by atoms with Gasteiger partial charge in [-0.2, -0.15) is 0 Å². The van der Waals surface area contributed by atoms with E-state index < -0.39 is 0 Å². The first-order valence-corrected chi connectivity index (χ1v) is 15.8. The van der Waals surface area contributed by atoms with Crippen molar-refractivity contribution in [1.82, 2.24) is 19.4 Å². The lowest BCUT2D eigenvalue weighted by molar-refractivity contribution is 0.822. The Hall–Kier alpha value is -6.27. The average Bonchev–Trinajstić information content (AvgIpc) is 3.51. The molecule has 224 valence electrons. The van der Waals surface area contributed by atoms with Crippen LogP contribution in [-0.2, 0) is 0 Å². The number of fused-ring (bicyclic) bond motifs is 6. The predicted molar refractivity (Wildman–Crippen MR) is 194 cm³/mol. The van der Waals surface area contributed by atoms with Crippen LogP contribution in [0.2, 0.25) is 0 Å². The van der Waals surface area contributed by atoms with Crippen molar-refractivity contribution < 1.29 is 0 Å². The van der Waals surface area contributed by atoms with Crippen molar-refractivity contribution in [1.29, 1.82) is 0 Å². The molecule has 0 radical (unpaired) electrons. The monoisotopic (exact) mass is 606 g/mol. The second kappa shape index (κ2) is 10.7. The first-order chi connectivity index (χ1) is 23.1. The SMILES string of the molecule is C=C1C=CC=CN1c1c(C2C=C(c3cccc(-c4nc5c(nc6ccccn65)c5ccccc45)c3)C=CC2)nc2ccccc2c1N. The molecule has 4 aromatic heterocycles. The van der Waals surface area contributed by atoms with Crippen molar-refractivity contribution in [3.63, 3.8) is 0 Å². The fourth-order valence-electron chi connectivity index (χ4n) is 6.92. The van der Waals surface area contributed by atoms with Gasteiger partial charge < -0.3 is 10.6 Å². The summed E-state index contributed by atoms with van der Waals surface area (Å²) in [5, 5.41) is 3.11. The van der Waals surface area contributed by atoms with Gasteiger partial charge in [-0.1, -0.05) is 97.6 Å². The zero-order chi connectivity index (χ0) is 31.5. The number of para-hydroxylation sites is 1. The van der Waals surface area contributed by atoms with Crippen LogP contribution in [0.5, 0.6) is 0 Å². The van der Waals surface area contributed by atoms with Crippen LogP contribution in [0.3, 0.4) is 0 Å². The van der Waals surface area contributed by atoms with Crippen molar-refractivity contribution in [2.24, 2.45) is 0 Å². The normalized spacial score (nSPS) is 16.2. The molecule has 0 saturated heterocycles. The molecule has 7 aromatic rings. The molecular weight excluding hydrogens is 576 g/mol. The van der Waals surface area contributed by atoms with Gasteiger partial charge >= 0.3 is 0 Å². The highest BCUT2D eigenvalue weighted by Crippen LogP contribution is 2.43. The number of hydrogen-bond acceptors (Lipinski definition) is 5. The molecule has 2 aliphatic rings. The molecule has 0 saturated carbocycles. The van der Waals surface area contributed by atoms with E-state index in [1.165, 1.54) is 0 Å². The molecule has 2 N–H and O–H groups in total. The Morgan fingerprint density at radius 1 is 0.766 bits per heavy atom. The molecule has 0 bridgehead atoms. The van der Waals surface area contributed by atoms with Gasteiger partial charge in [0, 0.05) is 45.7 Å². The lowest BCUT2D eigenvalue weighted by atomic mass is 9.87. The predicted octanol–water partition coefficient (Wildman–Crippen LogP) is 9.36. The van der Waals surface area contributed by atoms with Gasteiger partial charge in [0.2, 0.25) is 0 Å². The Balaban J connectivity index is 1.18. The third-order valence-electron chi connectivity index (χ3n) is 9.17. The van der Waals surface area contributed by atoms with E-state index in [0.717, 1.165) is 84.4 Å². The Bertz CT molecular complexity index is 2550. The standard InChI is InChI=1S/C41H30N6/c1-26-12-6-8-22-46(26)40-36(42)33-19-4-5-20-34(33)43-38(40)30-16-11-14-28(25-30)27-13-10-15-29(24-27)37-31-17-2-3-18-32(31)39-41(45-37)47-23-9-7-21-35(47)44-39/h2-15,17-25,30H,1,16H2,(H2,42,43). The largest absolute Gasteiger partial charge is 0.396 e.